The van der Waals surface area contributed by atoms with E-state index in [9.17, 15) is 4.79 Å². The van der Waals surface area contributed by atoms with Gasteiger partial charge in [0.15, 0.2) is 5.76 Å². The molecule has 1 atom stereocenters. The lowest BCUT2D eigenvalue weighted by molar-refractivity contribution is -0.119. The Hall–Kier alpha value is -2.45. The van der Waals surface area contributed by atoms with Crippen molar-refractivity contribution in [3.8, 4) is 11.6 Å². The molecule has 3 N–H and O–H groups in total. The molecule has 0 aliphatic heterocycles. The van der Waals surface area contributed by atoms with Gasteiger partial charge < -0.3 is 15.6 Å². The number of benzene rings is 1. The molecule has 0 saturated carbocycles. The van der Waals surface area contributed by atoms with Crippen molar-refractivity contribution in [1.29, 1.82) is 0 Å². The molecule has 0 aliphatic carbocycles. The molecule has 1 amide bonds. The van der Waals surface area contributed by atoms with E-state index in [2.05, 4.69) is 15.5 Å². The monoisotopic (exact) mass is 377 g/mol. The van der Waals surface area contributed by atoms with E-state index in [1.807, 2.05) is 25.1 Å². The summed E-state index contributed by atoms with van der Waals surface area (Å²) in [5.41, 5.74) is 0.938. The summed E-state index contributed by atoms with van der Waals surface area (Å²) in [7, 11) is 0. The van der Waals surface area contributed by atoms with Crippen molar-refractivity contribution < 1.29 is 9.21 Å². The lowest BCUT2D eigenvalue weighted by Gasteiger charge is -2.14. The van der Waals surface area contributed by atoms with Gasteiger partial charge in [-0.2, -0.15) is 0 Å². The number of nitrogens with one attached hydrogen (secondary N) is 1. The van der Waals surface area contributed by atoms with Crippen molar-refractivity contribution >= 4 is 29.3 Å². The van der Waals surface area contributed by atoms with Gasteiger partial charge in [0, 0.05) is 5.02 Å². The number of furan rings is 1. The molecule has 2 aromatic heterocycles. The number of nitrogens with zero attached hydrogens (tertiary/aromatic N) is 3. The Morgan fingerprint density at radius 3 is 2.96 bits per heavy atom. The van der Waals surface area contributed by atoms with Crippen molar-refractivity contribution in [2.45, 2.75) is 18.1 Å². The summed E-state index contributed by atoms with van der Waals surface area (Å²) >= 11 is 7.17. The minimum absolute atomic E-state index is 0.139. The van der Waals surface area contributed by atoms with Crippen LogP contribution in [0, 0.1) is 0 Å². The van der Waals surface area contributed by atoms with Crippen molar-refractivity contribution in [2.24, 2.45) is 0 Å². The maximum absolute atomic E-state index is 12.2. The Kier molecular flexibility index (Phi) is 5.30. The molecular formula is C16H16ClN5O2S. The van der Waals surface area contributed by atoms with Gasteiger partial charge in [0.05, 0.1) is 18.1 Å². The molecule has 2 heterocycles. The zero-order chi connectivity index (χ0) is 17.8. The molecule has 0 fully saturated rings. The second kappa shape index (κ2) is 7.62. The minimum atomic E-state index is -0.152. The van der Waals surface area contributed by atoms with Crippen LogP contribution >= 0.6 is 23.4 Å². The van der Waals surface area contributed by atoms with Crippen molar-refractivity contribution in [3.63, 3.8) is 0 Å². The van der Waals surface area contributed by atoms with Crippen LogP contribution in [0.4, 0.5) is 0 Å². The maximum Gasteiger partial charge on any atom is 0.230 e. The van der Waals surface area contributed by atoms with E-state index in [0.29, 0.717) is 21.8 Å². The van der Waals surface area contributed by atoms with Crippen LogP contribution in [0.5, 0.6) is 0 Å². The predicted molar refractivity (Wildman–Crippen MR) is 96.6 cm³/mol. The number of thioether (sulfide) groups is 1. The molecule has 3 rings (SSSR count). The van der Waals surface area contributed by atoms with Crippen LogP contribution in [-0.4, -0.2) is 26.5 Å². The number of hydrogen-bond acceptors (Lipinski definition) is 6. The third-order valence-electron chi connectivity index (χ3n) is 3.46. The zero-order valence-electron chi connectivity index (χ0n) is 13.3. The standard InChI is InChI=1S/C16H16ClN5O2S/c1-10(11-4-2-5-12(17)8-11)19-14(23)9-25-16-21-20-15(22(16)18)13-6-3-7-24-13/h2-8,10H,9,18H2,1H3,(H,19,23)/t10-/m1/s1. The van der Waals surface area contributed by atoms with Gasteiger partial charge in [0.25, 0.3) is 0 Å². The number of hydrogen-bond donors (Lipinski definition) is 2. The third kappa shape index (κ3) is 4.15. The van der Waals surface area contributed by atoms with Gasteiger partial charge in [-0.25, -0.2) is 4.68 Å². The molecule has 0 unspecified atom stereocenters. The number of aromatic nitrogens is 3. The number of nitrogens with two attached hydrogens (primary N) is 1. The summed E-state index contributed by atoms with van der Waals surface area (Å²) in [6.07, 6.45) is 1.53. The highest BCUT2D eigenvalue weighted by Gasteiger charge is 2.16. The SMILES string of the molecule is C[C@@H](NC(=O)CSc1nnc(-c2ccco2)n1N)c1cccc(Cl)c1. The van der Waals surface area contributed by atoms with Gasteiger partial charge in [0.1, 0.15) is 0 Å². The molecule has 0 aliphatic rings. The summed E-state index contributed by atoms with van der Waals surface area (Å²) in [5.74, 6) is 6.90. The Bertz CT molecular complexity index is 865. The first-order chi connectivity index (χ1) is 12.0. The summed E-state index contributed by atoms with van der Waals surface area (Å²) in [4.78, 5) is 12.2. The van der Waals surface area contributed by atoms with E-state index in [-0.39, 0.29) is 17.7 Å². The van der Waals surface area contributed by atoms with Crippen molar-refractivity contribution in [1.82, 2.24) is 20.2 Å². The number of halogens is 1. The normalized spacial score (nSPS) is 12.1. The minimum Gasteiger partial charge on any atom is -0.461 e. The Balaban J connectivity index is 1.58. The fourth-order valence-electron chi connectivity index (χ4n) is 2.22. The van der Waals surface area contributed by atoms with Crippen LogP contribution in [0.15, 0.2) is 52.2 Å². The van der Waals surface area contributed by atoms with Crippen LogP contribution in [0.1, 0.15) is 18.5 Å². The first-order valence-corrected chi connectivity index (χ1v) is 8.83. The molecule has 3 aromatic rings. The number of carbonyl (C=O) groups excluding carboxylic acids is 1. The van der Waals surface area contributed by atoms with Crippen LogP contribution in [0.25, 0.3) is 11.6 Å². The van der Waals surface area contributed by atoms with E-state index in [1.165, 1.54) is 22.7 Å². The number of nitrogen functional groups attached to an aromatic ring is 1. The Morgan fingerprint density at radius 1 is 1.40 bits per heavy atom. The highest BCUT2D eigenvalue weighted by atomic mass is 35.5. The molecule has 0 radical (unpaired) electrons. The van der Waals surface area contributed by atoms with Crippen LogP contribution in [0.3, 0.4) is 0 Å². The maximum atomic E-state index is 12.2. The zero-order valence-corrected chi connectivity index (χ0v) is 14.9. The number of carbonyl (C=O) groups is 1. The van der Waals surface area contributed by atoms with E-state index in [4.69, 9.17) is 21.9 Å². The highest BCUT2D eigenvalue weighted by Crippen LogP contribution is 2.22. The Labute approximate surface area is 153 Å². The van der Waals surface area contributed by atoms with Gasteiger partial charge >= 0.3 is 0 Å². The molecule has 130 valence electrons. The van der Waals surface area contributed by atoms with Crippen LogP contribution in [-0.2, 0) is 4.79 Å². The summed E-state index contributed by atoms with van der Waals surface area (Å²) in [5, 5.41) is 11.9. The molecule has 7 nitrogen and oxygen atoms in total. The largest absolute Gasteiger partial charge is 0.461 e. The first kappa shape index (κ1) is 17.4. The summed E-state index contributed by atoms with van der Waals surface area (Å²) < 4.78 is 6.55. The van der Waals surface area contributed by atoms with Crippen LogP contribution in [0.2, 0.25) is 5.02 Å². The third-order valence-corrected chi connectivity index (χ3v) is 4.64. The van der Waals surface area contributed by atoms with Crippen molar-refractivity contribution in [3.05, 3.63) is 53.2 Å². The van der Waals surface area contributed by atoms with Gasteiger partial charge in [0.2, 0.25) is 16.9 Å². The smallest absolute Gasteiger partial charge is 0.230 e. The average Bonchev–Trinajstić information content (AvgIpc) is 3.22. The lowest BCUT2D eigenvalue weighted by Crippen LogP contribution is -2.28. The second-order valence-corrected chi connectivity index (χ2v) is 6.67. The fraction of sp³-hybridized carbons (Fsp3) is 0.188. The van der Waals surface area contributed by atoms with E-state index < -0.39 is 0 Å². The van der Waals surface area contributed by atoms with Crippen LogP contribution < -0.4 is 11.2 Å². The molecule has 0 bridgehead atoms. The first-order valence-electron chi connectivity index (χ1n) is 7.46. The molecule has 25 heavy (non-hydrogen) atoms. The van der Waals surface area contributed by atoms with E-state index >= 15 is 0 Å². The summed E-state index contributed by atoms with van der Waals surface area (Å²) in [6.45, 7) is 1.90. The average molecular weight is 378 g/mol. The molecule has 0 spiro atoms. The lowest BCUT2D eigenvalue weighted by atomic mass is 10.1. The fourth-order valence-corrected chi connectivity index (χ4v) is 3.09. The van der Waals surface area contributed by atoms with Gasteiger partial charge in [-0.3, -0.25) is 4.79 Å². The summed E-state index contributed by atoms with van der Waals surface area (Å²) in [6, 6.07) is 10.7. The predicted octanol–water partition coefficient (Wildman–Crippen LogP) is 2.87. The van der Waals surface area contributed by atoms with Gasteiger partial charge in [-0.05, 0) is 36.8 Å². The van der Waals surface area contributed by atoms with E-state index in [1.54, 1.807) is 18.2 Å². The molecular weight excluding hydrogens is 362 g/mol. The van der Waals surface area contributed by atoms with Crippen molar-refractivity contribution in [2.75, 3.05) is 11.6 Å². The highest BCUT2D eigenvalue weighted by molar-refractivity contribution is 7.99. The van der Waals surface area contributed by atoms with E-state index in [0.717, 1.165) is 5.56 Å². The van der Waals surface area contributed by atoms with Gasteiger partial charge in [-0.15, -0.1) is 10.2 Å². The van der Waals surface area contributed by atoms with Gasteiger partial charge in [-0.1, -0.05) is 35.5 Å². The number of rotatable bonds is 6. The second-order valence-electron chi connectivity index (χ2n) is 5.29. The topological polar surface area (TPSA) is 99.0 Å². The molecule has 1 aromatic carbocycles. The quantitative estimate of drug-likeness (QED) is 0.506. The molecule has 0 saturated heterocycles. The Morgan fingerprint density at radius 2 is 2.24 bits per heavy atom. The number of amides is 1. The molecule has 9 heteroatoms.